The Hall–Kier alpha value is -2.48. The Bertz CT molecular complexity index is 544. The van der Waals surface area contributed by atoms with Gasteiger partial charge in [-0.3, -0.25) is 9.59 Å². The normalized spacial score (nSPS) is 9.38. The summed E-state index contributed by atoms with van der Waals surface area (Å²) in [4.78, 5) is 22.5. The van der Waals surface area contributed by atoms with Crippen LogP contribution in [-0.2, 0) is 4.79 Å². The molecule has 0 unspecified atom stereocenters. The van der Waals surface area contributed by atoms with Crippen LogP contribution in [0.1, 0.15) is 36.5 Å². The fraction of sp³-hybridized carbons (Fsp3) is 0.375. The largest absolute Gasteiger partial charge is 0.480 e. The fourth-order valence-corrected chi connectivity index (χ4v) is 1.59. The van der Waals surface area contributed by atoms with Crippen molar-refractivity contribution in [1.82, 2.24) is 5.32 Å². The summed E-state index contributed by atoms with van der Waals surface area (Å²) in [6.45, 7) is 2.47. The smallest absolute Gasteiger partial charge is 0.252 e. The molecule has 0 aliphatic heterocycles. The molecule has 0 atom stereocenters. The molecule has 5 heteroatoms. The van der Waals surface area contributed by atoms with E-state index in [9.17, 15) is 9.59 Å². The average molecular weight is 288 g/mol. The molecule has 3 N–H and O–H groups in total. The van der Waals surface area contributed by atoms with Gasteiger partial charge in [0.05, 0.1) is 12.1 Å². The molecule has 21 heavy (non-hydrogen) atoms. The number of amides is 2. The van der Waals surface area contributed by atoms with Crippen molar-refractivity contribution in [3.63, 3.8) is 0 Å². The number of ether oxygens (including phenoxy) is 1. The highest BCUT2D eigenvalue weighted by Gasteiger charge is 2.06. The van der Waals surface area contributed by atoms with Crippen molar-refractivity contribution in [3.8, 4) is 17.6 Å². The minimum Gasteiger partial charge on any atom is -0.480 e. The quantitative estimate of drug-likeness (QED) is 0.746. The Kier molecular flexibility index (Phi) is 7.44. The van der Waals surface area contributed by atoms with Gasteiger partial charge in [-0.15, -0.1) is 0 Å². The van der Waals surface area contributed by atoms with E-state index in [1.165, 1.54) is 0 Å². The highest BCUT2D eigenvalue weighted by Crippen LogP contribution is 2.16. The number of unbranched alkanes of at least 4 members (excludes halogenated alkanes) is 1. The molecular weight excluding hydrogens is 268 g/mol. The zero-order valence-electron chi connectivity index (χ0n) is 12.1. The number of carbonyl (C=O) groups excluding carboxylic acids is 2. The summed E-state index contributed by atoms with van der Waals surface area (Å²) in [6.07, 6.45) is 2.40. The fourth-order valence-electron chi connectivity index (χ4n) is 1.59. The van der Waals surface area contributed by atoms with Crippen LogP contribution in [0.5, 0.6) is 5.75 Å². The van der Waals surface area contributed by atoms with Gasteiger partial charge in [0.2, 0.25) is 5.91 Å². The van der Waals surface area contributed by atoms with Crippen molar-refractivity contribution >= 4 is 11.8 Å². The molecule has 0 radical (unpaired) electrons. The van der Waals surface area contributed by atoms with Gasteiger partial charge < -0.3 is 15.8 Å². The van der Waals surface area contributed by atoms with Crippen LogP contribution < -0.4 is 15.8 Å². The molecule has 112 valence electrons. The summed E-state index contributed by atoms with van der Waals surface area (Å²) in [6, 6.07) is 6.72. The Labute approximate surface area is 124 Å². The van der Waals surface area contributed by atoms with Gasteiger partial charge in [-0.1, -0.05) is 37.3 Å². The number of carbonyl (C=O) groups is 2. The van der Waals surface area contributed by atoms with E-state index in [-0.39, 0.29) is 12.5 Å². The van der Waals surface area contributed by atoms with Gasteiger partial charge >= 0.3 is 0 Å². The van der Waals surface area contributed by atoms with E-state index in [4.69, 9.17) is 10.5 Å². The third kappa shape index (κ3) is 6.48. The Balaban J connectivity index is 2.33. The van der Waals surface area contributed by atoms with E-state index in [1.807, 2.05) is 6.92 Å². The van der Waals surface area contributed by atoms with Crippen LogP contribution in [0.25, 0.3) is 0 Å². The van der Waals surface area contributed by atoms with E-state index in [2.05, 4.69) is 17.2 Å². The van der Waals surface area contributed by atoms with Gasteiger partial charge in [0, 0.05) is 6.42 Å². The third-order valence-corrected chi connectivity index (χ3v) is 2.71. The summed E-state index contributed by atoms with van der Waals surface area (Å²) < 4.78 is 5.38. The highest BCUT2D eigenvalue weighted by molar-refractivity contribution is 5.95. The Morgan fingerprint density at radius 1 is 1.29 bits per heavy atom. The van der Waals surface area contributed by atoms with Crippen molar-refractivity contribution in [1.29, 1.82) is 0 Å². The first-order chi connectivity index (χ1) is 10.1. The average Bonchev–Trinajstić information content (AvgIpc) is 2.48. The van der Waals surface area contributed by atoms with Crippen LogP contribution in [0.3, 0.4) is 0 Å². The van der Waals surface area contributed by atoms with E-state index < -0.39 is 5.91 Å². The first-order valence-electron chi connectivity index (χ1n) is 6.89. The molecule has 0 heterocycles. The second-order valence-electron chi connectivity index (χ2n) is 4.38. The maximum absolute atomic E-state index is 11.3. The van der Waals surface area contributed by atoms with Gasteiger partial charge in [-0.2, -0.15) is 0 Å². The van der Waals surface area contributed by atoms with E-state index in [0.29, 0.717) is 24.3 Å². The summed E-state index contributed by atoms with van der Waals surface area (Å²) in [7, 11) is 0. The second kappa shape index (κ2) is 9.43. The number of rotatable bonds is 7. The summed E-state index contributed by atoms with van der Waals surface area (Å²) in [5, 5.41) is 2.70. The predicted molar refractivity (Wildman–Crippen MR) is 80.8 cm³/mol. The highest BCUT2D eigenvalue weighted by atomic mass is 16.5. The van der Waals surface area contributed by atoms with Crippen LogP contribution in [0, 0.1) is 11.8 Å². The van der Waals surface area contributed by atoms with E-state index >= 15 is 0 Å². The van der Waals surface area contributed by atoms with Gasteiger partial charge in [-0.25, -0.2) is 0 Å². The molecule has 0 bridgehead atoms. The summed E-state index contributed by atoms with van der Waals surface area (Å²) in [5.41, 5.74) is 5.56. The number of primary amides is 1. The van der Waals surface area contributed by atoms with Crippen LogP contribution in [-0.4, -0.2) is 25.0 Å². The number of hydrogen-bond acceptors (Lipinski definition) is 3. The SMILES string of the molecule is CCCCC(=O)NCC#CCOc1ccccc1C(N)=O. The van der Waals surface area contributed by atoms with E-state index in [0.717, 1.165) is 12.8 Å². The lowest BCUT2D eigenvalue weighted by Gasteiger charge is -2.05. The second-order valence-corrected chi connectivity index (χ2v) is 4.38. The minimum absolute atomic E-state index is 0.00569. The molecular formula is C16H20N2O3. The van der Waals surface area contributed by atoms with Crippen molar-refractivity contribution < 1.29 is 14.3 Å². The number of hydrogen-bond donors (Lipinski definition) is 2. The van der Waals surface area contributed by atoms with Crippen LogP contribution in [0.4, 0.5) is 0 Å². The molecule has 0 saturated heterocycles. The maximum Gasteiger partial charge on any atom is 0.252 e. The summed E-state index contributed by atoms with van der Waals surface area (Å²) in [5.74, 6) is 5.44. The molecule has 0 fully saturated rings. The zero-order valence-corrected chi connectivity index (χ0v) is 12.1. The predicted octanol–water partition coefficient (Wildman–Crippen LogP) is 1.47. The topological polar surface area (TPSA) is 81.4 Å². The van der Waals surface area contributed by atoms with Gasteiger partial charge in [0.15, 0.2) is 0 Å². The maximum atomic E-state index is 11.3. The molecule has 0 spiro atoms. The van der Waals surface area contributed by atoms with Crippen LogP contribution >= 0.6 is 0 Å². The molecule has 1 aromatic rings. The first-order valence-corrected chi connectivity index (χ1v) is 6.89. The number of benzene rings is 1. The van der Waals surface area contributed by atoms with Crippen LogP contribution in [0.15, 0.2) is 24.3 Å². The number of nitrogens with one attached hydrogen (secondary N) is 1. The van der Waals surface area contributed by atoms with E-state index in [1.54, 1.807) is 24.3 Å². The molecule has 2 amide bonds. The summed E-state index contributed by atoms with van der Waals surface area (Å²) >= 11 is 0. The van der Waals surface area contributed by atoms with Crippen molar-refractivity contribution in [3.05, 3.63) is 29.8 Å². The van der Waals surface area contributed by atoms with Gasteiger partial charge in [0.25, 0.3) is 5.91 Å². The molecule has 1 aromatic carbocycles. The lowest BCUT2D eigenvalue weighted by molar-refractivity contribution is -0.120. The zero-order chi connectivity index (χ0) is 15.5. The van der Waals surface area contributed by atoms with Gasteiger partial charge in [0.1, 0.15) is 12.4 Å². The molecule has 0 aliphatic rings. The molecule has 1 rings (SSSR count). The molecule has 0 aliphatic carbocycles. The molecule has 5 nitrogen and oxygen atoms in total. The van der Waals surface area contributed by atoms with Crippen molar-refractivity contribution in [2.45, 2.75) is 26.2 Å². The van der Waals surface area contributed by atoms with Crippen molar-refractivity contribution in [2.75, 3.05) is 13.2 Å². The Morgan fingerprint density at radius 2 is 2.05 bits per heavy atom. The number of nitrogens with two attached hydrogens (primary N) is 1. The lowest BCUT2D eigenvalue weighted by Crippen LogP contribution is -2.23. The third-order valence-electron chi connectivity index (χ3n) is 2.71. The monoisotopic (exact) mass is 288 g/mol. The van der Waals surface area contributed by atoms with Crippen molar-refractivity contribution in [2.24, 2.45) is 5.73 Å². The Morgan fingerprint density at radius 3 is 2.76 bits per heavy atom. The lowest BCUT2D eigenvalue weighted by atomic mass is 10.2. The molecule has 0 saturated carbocycles. The van der Waals surface area contributed by atoms with Crippen LogP contribution in [0.2, 0.25) is 0 Å². The number of para-hydroxylation sites is 1. The standard InChI is InChI=1S/C16H20N2O3/c1-2-3-10-15(19)18-11-6-7-12-21-14-9-5-4-8-13(14)16(17)20/h4-5,8-9H,2-3,10-12H2,1H3,(H2,17,20)(H,18,19). The minimum atomic E-state index is -0.540. The first kappa shape index (κ1) is 16.6. The molecule has 0 aromatic heterocycles. The van der Waals surface area contributed by atoms with Gasteiger partial charge in [-0.05, 0) is 18.6 Å².